The minimum absolute atomic E-state index is 0.165. The van der Waals surface area contributed by atoms with E-state index in [0.29, 0.717) is 11.9 Å². The summed E-state index contributed by atoms with van der Waals surface area (Å²) in [5, 5.41) is 12.3. The molecule has 0 spiro atoms. The predicted molar refractivity (Wildman–Crippen MR) is 53.1 cm³/mol. The van der Waals surface area contributed by atoms with E-state index in [0.717, 1.165) is 25.0 Å². The largest absolute Gasteiger partial charge is 0.335 e. The number of hydrogen-bond donors (Lipinski definition) is 3. The van der Waals surface area contributed by atoms with E-state index in [2.05, 4.69) is 20.8 Å². The van der Waals surface area contributed by atoms with E-state index in [1.54, 1.807) is 0 Å². The molecule has 0 bridgehead atoms. The molecule has 1 fully saturated rings. The maximum Gasteiger partial charge on any atom is 0.320 e. The molecule has 1 aliphatic rings. The molecule has 1 heterocycles. The van der Waals surface area contributed by atoms with E-state index in [4.69, 9.17) is 0 Å². The number of carbonyl (C=O) groups excluding carboxylic acids is 1. The van der Waals surface area contributed by atoms with Gasteiger partial charge in [-0.3, -0.25) is 10.4 Å². The number of amides is 2. The number of nitrogens with zero attached hydrogens (tertiary/aromatic N) is 1. The Hall–Kier alpha value is -1.52. The molecule has 1 aromatic rings. The fourth-order valence-electron chi connectivity index (χ4n) is 1.17. The van der Waals surface area contributed by atoms with Crippen LogP contribution in [-0.2, 0) is 6.42 Å². The molecule has 14 heavy (non-hydrogen) atoms. The zero-order valence-electron chi connectivity index (χ0n) is 8.13. The first-order chi connectivity index (χ1) is 6.78. The fourth-order valence-corrected chi connectivity index (χ4v) is 1.17. The van der Waals surface area contributed by atoms with E-state index in [1.807, 2.05) is 13.0 Å². The molecule has 1 aromatic heterocycles. The monoisotopic (exact) mass is 194 g/mol. The molecule has 3 N–H and O–H groups in total. The zero-order chi connectivity index (χ0) is 9.97. The molecule has 1 saturated carbocycles. The van der Waals surface area contributed by atoms with Crippen LogP contribution in [0.25, 0.3) is 0 Å². The summed E-state index contributed by atoms with van der Waals surface area (Å²) in [6.07, 6.45) is 3.07. The number of H-pyrrole nitrogens is 1. The Morgan fingerprint density at radius 2 is 2.50 bits per heavy atom. The molecule has 0 unspecified atom stereocenters. The fraction of sp³-hybridized carbons (Fsp3) is 0.556. The van der Waals surface area contributed by atoms with E-state index in [-0.39, 0.29) is 6.03 Å². The molecule has 0 aliphatic heterocycles. The molecule has 0 atom stereocenters. The smallest absolute Gasteiger partial charge is 0.320 e. The van der Waals surface area contributed by atoms with Gasteiger partial charge >= 0.3 is 6.03 Å². The van der Waals surface area contributed by atoms with E-state index in [9.17, 15) is 4.79 Å². The topological polar surface area (TPSA) is 69.8 Å². The summed E-state index contributed by atoms with van der Waals surface area (Å²) in [7, 11) is 0. The minimum Gasteiger partial charge on any atom is -0.335 e. The van der Waals surface area contributed by atoms with Crippen molar-refractivity contribution in [2.75, 3.05) is 5.32 Å². The first-order valence-corrected chi connectivity index (χ1v) is 4.89. The van der Waals surface area contributed by atoms with Gasteiger partial charge in [-0.05, 0) is 19.3 Å². The minimum atomic E-state index is -0.165. The van der Waals surface area contributed by atoms with Gasteiger partial charge in [0.2, 0.25) is 0 Å². The summed E-state index contributed by atoms with van der Waals surface area (Å²) in [6.45, 7) is 2.03. The summed E-state index contributed by atoms with van der Waals surface area (Å²) >= 11 is 0. The van der Waals surface area contributed by atoms with Gasteiger partial charge in [0.25, 0.3) is 0 Å². The molecular formula is C9H14N4O. The van der Waals surface area contributed by atoms with Gasteiger partial charge in [-0.1, -0.05) is 6.92 Å². The zero-order valence-corrected chi connectivity index (χ0v) is 8.13. The first kappa shape index (κ1) is 9.05. The Morgan fingerprint density at radius 1 is 1.71 bits per heavy atom. The maximum absolute atomic E-state index is 11.3. The molecule has 0 aromatic carbocycles. The van der Waals surface area contributed by atoms with Crippen LogP contribution in [0.5, 0.6) is 0 Å². The predicted octanol–water partition coefficient (Wildman–Crippen LogP) is 1.26. The number of hydrogen-bond acceptors (Lipinski definition) is 2. The van der Waals surface area contributed by atoms with Crippen LogP contribution >= 0.6 is 0 Å². The van der Waals surface area contributed by atoms with Gasteiger partial charge in [-0.25, -0.2) is 4.79 Å². The number of nitrogens with one attached hydrogen (secondary N) is 3. The highest BCUT2D eigenvalue weighted by Crippen LogP contribution is 2.18. The van der Waals surface area contributed by atoms with Crippen LogP contribution in [0.2, 0.25) is 0 Å². The molecule has 0 saturated heterocycles. The van der Waals surface area contributed by atoms with Crippen molar-refractivity contribution in [3.63, 3.8) is 0 Å². The third-order valence-corrected chi connectivity index (χ3v) is 2.17. The molecule has 1 aliphatic carbocycles. The Morgan fingerprint density at radius 3 is 3.07 bits per heavy atom. The van der Waals surface area contributed by atoms with Crippen LogP contribution < -0.4 is 10.6 Å². The number of carbonyl (C=O) groups is 1. The summed E-state index contributed by atoms with van der Waals surface area (Å²) in [4.78, 5) is 11.3. The number of aromatic nitrogens is 2. The number of aryl methyl sites for hydroxylation is 1. The van der Waals surface area contributed by atoms with Crippen LogP contribution in [0.3, 0.4) is 0 Å². The van der Waals surface area contributed by atoms with Crippen LogP contribution in [0.15, 0.2) is 6.07 Å². The van der Waals surface area contributed by atoms with Crippen molar-refractivity contribution in [1.29, 1.82) is 0 Å². The van der Waals surface area contributed by atoms with E-state index >= 15 is 0 Å². The molecule has 0 radical (unpaired) electrons. The normalized spacial score (nSPS) is 15.2. The van der Waals surface area contributed by atoms with Gasteiger partial charge in [0.15, 0.2) is 5.82 Å². The summed E-state index contributed by atoms with van der Waals surface area (Å²) < 4.78 is 0. The SMILES string of the molecule is CCc1cc(NC(=O)NC2CC2)n[nH]1. The first-order valence-electron chi connectivity index (χ1n) is 4.89. The second-order valence-corrected chi connectivity index (χ2v) is 3.50. The molecule has 2 amide bonds. The lowest BCUT2D eigenvalue weighted by Crippen LogP contribution is -2.30. The molecule has 5 nitrogen and oxygen atoms in total. The quantitative estimate of drug-likeness (QED) is 0.677. The van der Waals surface area contributed by atoms with Crippen molar-refractivity contribution in [3.05, 3.63) is 11.8 Å². The molecule has 2 rings (SSSR count). The second kappa shape index (κ2) is 3.69. The van der Waals surface area contributed by atoms with Crippen molar-refractivity contribution in [1.82, 2.24) is 15.5 Å². The Kier molecular flexibility index (Phi) is 2.39. The average Bonchev–Trinajstić information content (AvgIpc) is 2.83. The highest BCUT2D eigenvalue weighted by molar-refractivity contribution is 5.88. The van der Waals surface area contributed by atoms with Gasteiger partial charge in [-0.2, -0.15) is 5.10 Å². The van der Waals surface area contributed by atoms with Crippen molar-refractivity contribution in [2.24, 2.45) is 0 Å². The summed E-state index contributed by atoms with van der Waals surface area (Å²) in [5.41, 5.74) is 1.02. The third kappa shape index (κ3) is 2.25. The van der Waals surface area contributed by atoms with Crippen LogP contribution in [0.4, 0.5) is 10.6 Å². The standard InChI is InChI=1S/C9H14N4O/c1-2-6-5-8(13-12-6)11-9(14)10-7-3-4-7/h5,7H,2-4H2,1H3,(H3,10,11,12,13,14). The molecular weight excluding hydrogens is 180 g/mol. The highest BCUT2D eigenvalue weighted by Gasteiger charge is 2.23. The number of urea groups is 1. The summed E-state index contributed by atoms with van der Waals surface area (Å²) in [6, 6.07) is 2.05. The number of aromatic amines is 1. The van der Waals surface area contributed by atoms with E-state index < -0.39 is 0 Å². The van der Waals surface area contributed by atoms with Crippen molar-refractivity contribution in [2.45, 2.75) is 32.2 Å². The second-order valence-electron chi connectivity index (χ2n) is 3.50. The number of rotatable bonds is 3. The Bertz CT molecular complexity index is 329. The van der Waals surface area contributed by atoms with Crippen LogP contribution in [0, 0.1) is 0 Å². The van der Waals surface area contributed by atoms with Crippen molar-refractivity contribution < 1.29 is 4.79 Å². The lowest BCUT2D eigenvalue weighted by molar-refractivity contribution is 0.251. The molecule has 76 valence electrons. The van der Waals surface area contributed by atoms with E-state index in [1.165, 1.54) is 0 Å². The van der Waals surface area contributed by atoms with Crippen molar-refractivity contribution >= 4 is 11.8 Å². The Balaban J connectivity index is 1.85. The average molecular weight is 194 g/mol. The van der Waals surface area contributed by atoms with Gasteiger partial charge in [0.1, 0.15) is 0 Å². The van der Waals surface area contributed by atoms with Gasteiger partial charge in [0, 0.05) is 17.8 Å². The van der Waals surface area contributed by atoms with Gasteiger partial charge < -0.3 is 5.32 Å². The van der Waals surface area contributed by atoms with Gasteiger partial charge in [-0.15, -0.1) is 0 Å². The lowest BCUT2D eigenvalue weighted by Gasteiger charge is -2.02. The molecule has 5 heteroatoms. The summed E-state index contributed by atoms with van der Waals surface area (Å²) in [5.74, 6) is 0.583. The van der Waals surface area contributed by atoms with Crippen molar-refractivity contribution in [3.8, 4) is 0 Å². The highest BCUT2D eigenvalue weighted by atomic mass is 16.2. The van der Waals surface area contributed by atoms with Crippen LogP contribution in [-0.4, -0.2) is 22.3 Å². The Labute approximate surface area is 82.3 Å². The van der Waals surface area contributed by atoms with Gasteiger partial charge in [0.05, 0.1) is 0 Å². The van der Waals surface area contributed by atoms with Crippen LogP contribution in [0.1, 0.15) is 25.5 Å². The third-order valence-electron chi connectivity index (χ3n) is 2.17. The number of anilines is 1. The maximum atomic E-state index is 11.3. The lowest BCUT2D eigenvalue weighted by atomic mass is 10.3.